The van der Waals surface area contributed by atoms with Crippen molar-refractivity contribution < 1.29 is 18.1 Å². The number of carbonyl (C=O) groups is 1. The fourth-order valence-corrected chi connectivity index (χ4v) is 7.56. The van der Waals surface area contributed by atoms with Crippen LogP contribution in [0.15, 0.2) is 12.2 Å². The molecule has 0 aliphatic carbocycles. The number of unbranched alkanes of at least 4 members (excludes halogenated alkanes) is 11. The van der Waals surface area contributed by atoms with Gasteiger partial charge in [-0.3, -0.25) is 4.79 Å². The minimum absolute atomic E-state index is 0.00125. The molecule has 0 radical (unpaired) electrons. The Morgan fingerprint density at radius 2 is 0.921 bits per heavy atom. The van der Waals surface area contributed by atoms with Gasteiger partial charge in [-0.25, -0.2) is 0 Å². The second kappa shape index (κ2) is 20.6. The summed E-state index contributed by atoms with van der Waals surface area (Å²) in [4.78, 5) is 11.8. The maximum absolute atomic E-state index is 11.8. The predicted octanol–water partition coefficient (Wildman–Crippen LogP) is 10.6. The molecule has 0 amide bonds. The Kier molecular flexibility index (Phi) is 20.5. The van der Waals surface area contributed by atoms with E-state index in [1.165, 1.54) is 70.6 Å². The number of carbonyl (C=O) groups excluding carboxylic acids is 1. The van der Waals surface area contributed by atoms with E-state index >= 15 is 0 Å². The standard InChI is InChI=1S/C31H66O4Si3/c1-11-12-13-18-21-24-29(33-36(2,3)4)27-28-30(34-37(5,6)7)25-22-19-16-14-15-17-20-23-26-31(32)35-38(8,9)10/h27-30H,11-26H2,1-10H3/b28-27+/t29-,30-/m0/s1. The van der Waals surface area contributed by atoms with E-state index in [0.29, 0.717) is 6.42 Å². The molecule has 38 heavy (non-hydrogen) atoms. The third kappa shape index (κ3) is 27.4. The molecule has 0 saturated carbocycles. The van der Waals surface area contributed by atoms with Crippen molar-refractivity contribution in [2.75, 3.05) is 0 Å². The molecule has 0 bridgehead atoms. The summed E-state index contributed by atoms with van der Waals surface area (Å²) in [6.45, 7) is 22.2. The van der Waals surface area contributed by atoms with Gasteiger partial charge in [0.25, 0.3) is 5.97 Å². The van der Waals surface area contributed by atoms with Crippen molar-refractivity contribution in [3.8, 4) is 0 Å². The van der Waals surface area contributed by atoms with Crippen LogP contribution >= 0.6 is 0 Å². The third-order valence-corrected chi connectivity index (χ3v) is 9.04. The first-order valence-corrected chi connectivity index (χ1v) is 26.1. The zero-order valence-corrected chi connectivity index (χ0v) is 30.3. The van der Waals surface area contributed by atoms with Crippen molar-refractivity contribution in [1.29, 1.82) is 0 Å². The smallest absolute Gasteiger partial charge is 0.292 e. The van der Waals surface area contributed by atoms with Gasteiger partial charge in [0, 0.05) is 6.42 Å². The van der Waals surface area contributed by atoms with Gasteiger partial charge in [0.2, 0.25) is 8.32 Å². The van der Waals surface area contributed by atoms with E-state index in [2.05, 4.69) is 78.0 Å². The van der Waals surface area contributed by atoms with E-state index in [1.807, 2.05) is 0 Å². The Hall–Kier alpha value is -0.219. The highest BCUT2D eigenvalue weighted by Gasteiger charge is 2.22. The van der Waals surface area contributed by atoms with Crippen LogP contribution in [0.1, 0.15) is 110 Å². The molecule has 0 unspecified atom stereocenters. The summed E-state index contributed by atoms with van der Waals surface area (Å²) < 4.78 is 18.6. The van der Waals surface area contributed by atoms with Crippen molar-refractivity contribution in [2.45, 2.75) is 181 Å². The molecular weight excluding hydrogens is 521 g/mol. The fourth-order valence-electron chi connectivity index (χ4n) is 4.56. The molecule has 0 aromatic heterocycles. The molecule has 0 aromatic carbocycles. The first kappa shape index (κ1) is 37.8. The van der Waals surface area contributed by atoms with Crippen LogP contribution in [-0.2, 0) is 18.1 Å². The Labute approximate surface area is 241 Å². The van der Waals surface area contributed by atoms with Crippen LogP contribution in [0.25, 0.3) is 0 Å². The van der Waals surface area contributed by atoms with Gasteiger partial charge in [0.1, 0.15) is 0 Å². The summed E-state index contributed by atoms with van der Waals surface area (Å²) >= 11 is 0. The monoisotopic (exact) mass is 586 g/mol. The summed E-state index contributed by atoms with van der Waals surface area (Å²) in [5, 5.41) is 0. The van der Waals surface area contributed by atoms with Gasteiger partial charge < -0.3 is 13.3 Å². The van der Waals surface area contributed by atoms with E-state index < -0.39 is 25.0 Å². The summed E-state index contributed by atoms with van der Waals surface area (Å²) in [5.41, 5.74) is 0. The van der Waals surface area contributed by atoms with Gasteiger partial charge in [-0.15, -0.1) is 0 Å². The Morgan fingerprint density at radius 1 is 0.553 bits per heavy atom. The normalized spacial score (nSPS) is 14.7. The quantitative estimate of drug-likeness (QED) is 0.0641. The summed E-state index contributed by atoms with van der Waals surface area (Å²) in [5.74, 6) is -0.00125. The summed E-state index contributed by atoms with van der Waals surface area (Å²) in [7, 11) is -4.93. The summed E-state index contributed by atoms with van der Waals surface area (Å²) in [6, 6.07) is 0. The van der Waals surface area contributed by atoms with Crippen LogP contribution in [0.4, 0.5) is 0 Å². The lowest BCUT2D eigenvalue weighted by atomic mass is 10.0. The molecule has 0 saturated heterocycles. The van der Waals surface area contributed by atoms with Crippen molar-refractivity contribution in [1.82, 2.24) is 0 Å². The highest BCUT2D eigenvalue weighted by atomic mass is 28.4. The van der Waals surface area contributed by atoms with Crippen LogP contribution in [0.5, 0.6) is 0 Å². The zero-order valence-electron chi connectivity index (χ0n) is 27.3. The Balaban J connectivity index is 4.41. The first-order chi connectivity index (χ1) is 17.6. The molecule has 2 atom stereocenters. The second-order valence-corrected chi connectivity index (χ2v) is 27.4. The van der Waals surface area contributed by atoms with Gasteiger partial charge in [-0.05, 0) is 78.2 Å². The maximum Gasteiger partial charge on any atom is 0.292 e. The second-order valence-electron chi connectivity index (χ2n) is 14.1. The molecule has 0 spiro atoms. The molecular formula is C31H66O4Si3. The van der Waals surface area contributed by atoms with Crippen LogP contribution < -0.4 is 0 Å². The largest absolute Gasteiger partial charge is 0.520 e. The lowest BCUT2D eigenvalue weighted by Crippen LogP contribution is -2.33. The zero-order chi connectivity index (χ0) is 29.1. The van der Waals surface area contributed by atoms with E-state index in [0.717, 1.165) is 25.7 Å². The number of hydrogen-bond acceptors (Lipinski definition) is 4. The average molecular weight is 587 g/mol. The lowest BCUT2D eigenvalue weighted by Gasteiger charge is -2.27. The van der Waals surface area contributed by atoms with Gasteiger partial charge in [-0.1, -0.05) is 96.1 Å². The molecule has 7 heteroatoms. The number of rotatable bonds is 24. The highest BCUT2D eigenvalue weighted by Crippen LogP contribution is 2.20. The lowest BCUT2D eigenvalue weighted by molar-refractivity contribution is -0.135. The van der Waals surface area contributed by atoms with Gasteiger partial charge >= 0.3 is 0 Å². The van der Waals surface area contributed by atoms with E-state index in [-0.39, 0.29) is 18.2 Å². The fraction of sp³-hybridized carbons (Fsp3) is 0.903. The Morgan fingerprint density at radius 3 is 1.29 bits per heavy atom. The van der Waals surface area contributed by atoms with Crippen molar-refractivity contribution >= 4 is 30.9 Å². The SMILES string of the molecule is CCCCCCC[C@@H](/C=C/[C@H](CCCCCCCCCCC(=O)O[Si](C)(C)C)O[Si](C)(C)C)O[Si](C)(C)C. The van der Waals surface area contributed by atoms with Crippen LogP contribution in [0.3, 0.4) is 0 Å². The van der Waals surface area contributed by atoms with Gasteiger partial charge in [0.15, 0.2) is 16.6 Å². The van der Waals surface area contributed by atoms with Crippen LogP contribution in [0.2, 0.25) is 58.9 Å². The Bertz CT molecular complexity index is 618. The third-order valence-electron chi connectivity index (χ3n) is 6.18. The summed E-state index contributed by atoms with van der Waals surface area (Å²) in [6.07, 6.45) is 24.1. The number of hydrogen-bond donors (Lipinski definition) is 0. The van der Waals surface area contributed by atoms with Crippen molar-refractivity contribution in [2.24, 2.45) is 0 Å². The van der Waals surface area contributed by atoms with Crippen LogP contribution in [-0.4, -0.2) is 43.1 Å². The van der Waals surface area contributed by atoms with E-state index in [1.54, 1.807) is 0 Å². The van der Waals surface area contributed by atoms with Gasteiger partial charge in [-0.2, -0.15) is 0 Å². The highest BCUT2D eigenvalue weighted by molar-refractivity contribution is 6.71. The maximum atomic E-state index is 11.8. The van der Waals surface area contributed by atoms with Crippen molar-refractivity contribution in [3.05, 3.63) is 12.2 Å². The minimum atomic E-state index is -1.73. The van der Waals surface area contributed by atoms with Crippen LogP contribution in [0, 0.1) is 0 Å². The van der Waals surface area contributed by atoms with Crippen molar-refractivity contribution in [3.63, 3.8) is 0 Å². The molecule has 0 aliphatic heterocycles. The molecule has 226 valence electrons. The topological polar surface area (TPSA) is 44.8 Å². The molecule has 4 nitrogen and oxygen atoms in total. The molecule has 0 heterocycles. The minimum Gasteiger partial charge on any atom is -0.520 e. The molecule has 0 N–H and O–H groups in total. The van der Waals surface area contributed by atoms with Gasteiger partial charge in [0.05, 0.1) is 12.2 Å². The predicted molar refractivity (Wildman–Crippen MR) is 175 cm³/mol. The molecule has 0 rings (SSSR count). The average Bonchev–Trinajstić information content (AvgIpc) is 2.74. The first-order valence-electron chi connectivity index (χ1n) is 15.9. The molecule has 0 fully saturated rings. The molecule has 0 aliphatic rings. The van der Waals surface area contributed by atoms with E-state index in [9.17, 15) is 4.79 Å². The van der Waals surface area contributed by atoms with E-state index in [4.69, 9.17) is 13.3 Å². The molecule has 0 aromatic rings.